The molecule has 0 radical (unpaired) electrons. The molecule has 0 amide bonds. The van der Waals surface area contributed by atoms with Crippen molar-refractivity contribution in [3.63, 3.8) is 0 Å². The first-order valence-corrected chi connectivity index (χ1v) is 11.8. The molecule has 3 aromatic carbocycles. The molecule has 4 rings (SSSR count). The Morgan fingerprint density at radius 3 is 2.23 bits per heavy atom. The van der Waals surface area contributed by atoms with Crippen LogP contribution in [0.1, 0.15) is 36.8 Å². The number of para-hydroxylation sites is 1. The van der Waals surface area contributed by atoms with Gasteiger partial charge in [0.15, 0.2) is 0 Å². The van der Waals surface area contributed by atoms with Crippen LogP contribution in [0.4, 0.5) is 22.7 Å². The van der Waals surface area contributed by atoms with Gasteiger partial charge in [0.25, 0.3) is 11.4 Å². The number of hydrazone groups is 1. The highest BCUT2D eigenvalue weighted by Gasteiger charge is 2.27. The lowest BCUT2D eigenvalue weighted by atomic mass is 9.86. The second-order valence-electron chi connectivity index (χ2n) is 8.61. The molecule has 40 heavy (non-hydrogen) atoms. The summed E-state index contributed by atoms with van der Waals surface area (Å²) in [6, 6.07) is 14.9. The number of benzene rings is 3. The van der Waals surface area contributed by atoms with Crippen molar-refractivity contribution in [3.8, 4) is 5.75 Å². The van der Waals surface area contributed by atoms with Gasteiger partial charge in [-0.1, -0.05) is 31.2 Å². The van der Waals surface area contributed by atoms with Crippen molar-refractivity contribution in [1.29, 1.82) is 0 Å². The van der Waals surface area contributed by atoms with Gasteiger partial charge in [0.1, 0.15) is 17.0 Å². The summed E-state index contributed by atoms with van der Waals surface area (Å²) in [5, 5.41) is 49.4. The summed E-state index contributed by atoms with van der Waals surface area (Å²) in [5.74, 6) is -1.18. The fraction of sp³-hybridized carbons (Fsp3) is 0.154. The Morgan fingerprint density at radius 2 is 1.60 bits per heavy atom. The number of nitrogens with zero attached hydrogens (tertiary/aromatic N) is 4. The molecule has 204 valence electrons. The number of anilines is 1. The van der Waals surface area contributed by atoms with Crippen LogP contribution in [0.25, 0.3) is 11.0 Å². The maximum atomic E-state index is 13.1. The fourth-order valence-electron chi connectivity index (χ4n) is 4.19. The van der Waals surface area contributed by atoms with Gasteiger partial charge in [0, 0.05) is 29.8 Å². The average molecular weight is 547 g/mol. The molecule has 0 saturated carbocycles. The van der Waals surface area contributed by atoms with Crippen LogP contribution in [-0.4, -0.2) is 25.6 Å². The standard InChI is InChI=1S/C26H21N5O9/c1-2-16(27-28-21-12-11-18(30(36)37)14-22(21)31(38)39)13-20(15-7-9-17(10-8-15)29(34)35)24-25(32)19-5-3-4-6-23(19)40-26(24)33/h3-12,14,20,28,32H,2,13H2,1H3/b27-16+. The summed E-state index contributed by atoms with van der Waals surface area (Å²) in [5.41, 5.74) is 1.41. The van der Waals surface area contributed by atoms with Gasteiger partial charge in [-0.3, -0.25) is 35.8 Å². The van der Waals surface area contributed by atoms with Crippen molar-refractivity contribution < 1.29 is 24.3 Å². The van der Waals surface area contributed by atoms with E-state index >= 15 is 0 Å². The number of nitro groups is 3. The second-order valence-corrected chi connectivity index (χ2v) is 8.61. The monoisotopic (exact) mass is 547 g/mol. The third-order valence-corrected chi connectivity index (χ3v) is 6.25. The largest absolute Gasteiger partial charge is 0.507 e. The zero-order valence-electron chi connectivity index (χ0n) is 20.8. The first-order chi connectivity index (χ1) is 19.1. The number of hydrogen-bond donors (Lipinski definition) is 2. The van der Waals surface area contributed by atoms with E-state index in [-0.39, 0.29) is 34.7 Å². The number of rotatable bonds is 10. The van der Waals surface area contributed by atoms with Crippen LogP contribution in [0.3, 0.4) is 0 Å². The Bertz CT molecular complexity index is 1710. The maximum absolute atomic E-state index is 13.1. The zero-order chi connectivity index (χ0) is 29.0. The molecule has 1 heterocycles. The SMILES string of the molecule is CC/C(CC(c1ccc([N+](=O)[O-])cc1)c1c(O)c2ccccc2oc1=O)=N\Nc1ccc([N+](=O)[O-])cc1[N+](=O)[O-]. The quantitative estimate of drug-likeness (QED) is 0.108. The van der Waals surface area contributed by atoms with E-state index in [9.17, 15) is 40.2 Å². The molecular weight excluding hydrogens is 526 g/mol. The minimum atomic E-state index is -0.867. The highest BCUT2D eigenvalue weighted by Crippen LogP contribution is 2.37. The number of non-ortho nitro benzene ring substituents is 2. The van der Waals surface area contributed by atoms with E-state index in [0.717, 1.165) is 18.2 Å². The highest BCUT2D eigenvalue weighted by atomic mass is 16.6. The smallest absolute Gasteiger partial charge is 0.343 e. The first kappa shape index (κ1) is 27.4. The lowest BCUT2D eigenvalue weighted by molar-refractivity contribution is -0.393. The number of aromatic hydroxyl groups is 1. The summed E-state index contributed by atoms with van der Waals surface area (Å²) in [6.45, 7) is 1.75. The minimum Gasteiger partial charge on any atom is -0.507 e. The van der Waals surface area contributed by atoms with Crippen LogP contribution >= 0.6 is 0 Å². The van der Waals surface area contributed by atoms with Crippen LogP contribution in [0, 0.1) is 30.3 Å². The van der Waals surface area contributed by atoms with Crippen molar-refractivity contribution in [2.45, 2.75) is 25.7 Å². The van der Waals surface area contributed by atoms with E-state index in [1.165, 1.54) is 30.3 Å². The molecule has 1 aromatic heterocycles. The molecule has 14 nitrogen and oxygen atoms in total. The van der Waals surface area contributed by atoms with Crippen LogP contribution in [0.5, 0.6) is 5.75 Å². The Balaban J connectivity index is 1.78. The van der Waals surface area contributed by atoms with Gasteiger partial charge in [-0.15, -0.1) is 0 Å². The van der Waals surface area contributed by atoms with Gasteiger partial charge in [0.2, 0.25) is 0 Å². The summed E-state index contributed by atoms with van der Waals surface area (Å²) in [4.78, 5) is 44.7. The lowest BCUT2D eigenvalue weighted by Gasteiger charge is -2.19. The summed E-state index contributed by atoms with van der Waals surface area (Å²) in [7, 11) is 0. The van der Waals surface area contributed by atoms with Crippen LogP contribution in [0.15, 0.2) is 81.0 Å². The van der Waals surface area contributed by atoms with Crippen molar-refractivity contribution in [1.82, 2.24) is 0 Å². The predicted molar refractivity (Wildman–Crippen MR) is 145 cm³/mol. The number of hydrogen-bond acceptors (Lipinski definition) is 11. The van der Waals surface area contributed by atoms with E-state index < -0.39 is 37.7 Å². The minimum absolute atomic E-state index is 0.0126. The third-order valence-electron chi connectivity index (χ3n) is 6.25. The van der Waals surface area contributed by atoms with Crippen molar-refractivity contribution in [2.24, 2.45) is 5.10 Å². The molecule has 1 atom stereocenters. The molecular formula is C26H21N5O9. The Kier molecular flexibility index (Phi) is 7.79. The zero-order valence-corrected chi connectivity index (χ0v) is 20.8. The normalized spacial score (nSPS) is 12.2. The van der Waals surface area contributed by atoms with Crippen LogP contribution in [-0.2, 0) is 0 Å². The molecule has 0 fully saturated rings. The van der Waals surface area contributed by atoms with E-state index in [0.29, 0.717) is 23.1 Å². The third kappa shape index (κ3) is 5.60. The maximum Gasteiger partial charge on any atom is 0.343 e. The number of fused-ring (bicyclic) bond motifs is 1. The van der Waals surface area contributed by atoms with Crippen molar-refractivity contribution in [2.75, 3.05) is 5.43 Å². The summed E-state index contributed by atoms with van der Waals surface area (Å²) >= 11 is 0. The average Bonchev–Trinajstić information content (AvgIpc) is 2.94. The van der Waals surface area contributed by atoms with Crippen LogP contribution < -0.4 is 11.1 Å². The van der Waals surface area contributed by atoms with Gasteiger partial charge >= 0.3 is 11.3 Å². The lowest BCUT2D eigenvalue weighted by Crippen LogP contribution is -2.18. The Morgan fingerprint density at radius 1 is 0.950 bits per heavy atom. The molecule has 14 heteroatoms. The van der Waals surface area contributed by atoms with E-state index in [1.54, 1.807) is 25.1 Å². The molecule has 2 N–H and O–H groups in total. The molecule has 0 aliphatic rings. The van der Waals surface area contributed by atoms with E-state index in [4.69, 9.17) is 4.42 Å². The molecule has 0 aliphatic carbocycles. The Labute approximate surface area is 224 Å². The van der Waals surface area contributed by atoms with Gasteiger partial charge in [-0.2, -0.15) is 5.10 Å². The van der Waals surface area contributed by atoms with Crippen LogP contribution in [0.2, 0.25) is 0 Å². The molecule has 1 unspecified atom stereocenters. The number of nitro benzene ring substituents is 3. The summed E-state index contributed by atoms with van der Waals surface area (Å²) < 4.78 is 5.45. The molecule has 0 spiro atoms. The molecule has 0 bridgehead atoms. The summed E-state index contributed by atoms with van der Waals surface area (Å²) in [6.07, 6.45) is 0.315. The Hall–Kier alpha value is -5.66. The molecule has 4 aromatic rings. The van der Waals surface area contributed by atoms with E-state index in [1.807, 2.05) is 0 Å². The van der Waals surface area contributed by atoms with Gasteiger partial charge < -0.3 is 9.52 Å². The first-order valence-electron chi connectivity index (χ1n) is 11.8. The van der Waals surface area contributed by atoms with Gasteiger partial charge in [0.05, 0.1) is 31.8 Å². The topological polar surface area (TPSA) is 204 Å². The molecule has 0 saturated heterocycles. The number of nitrogens with one attached hydrogen (secondary N) is 1. The van der Waals surface area contributed by atoms with Crippen molar-refractivity contribution >= 4 is 39.4 Å². The second kappa shape index (κ2) is 11.4. The highest BCUT2D eigenvalue weighted by molar-refractivity contribution is 5.88. The van der Waals surface area contributed by atoms with Gasteiger partial charge in [-0.25, -0.2) is 4.79 Å². The van der Waals surface area contributed by atoms with E-state index in [2.05, 4.69) is 10.5 Å². The van der Waals surface area contributed by atoms with Crippen molar-refractivity contribution in [3.05, 3.63) is 119 Å². The fourth-order valence-corrected chi connectivity index (χ4v) is 4.19. The predicted octanol–water partition coefficient (Wildman–Crippen LogP) is 5.62. The molecule has 0 aliphatic heterocycles. The van der Waals surface area contributed by atoms with Gasteiger partial charge in [-0.05, 0) is 36.6 Å².